The van der Waals surface area contributed by atoms with E-state index in [0.717, 1.165) is 18.9 Å². The van der Waals surface area contributed by atoms with Crippen molar-refractivity contribution in [2.75, 3.05) is 19.6 Å². The largest absolute Gasteiger partial charge is 0.418 e. The molecule has 2 saturated carbocycles. The molecule has 0 N–H and O–H groups in total. The van der Waals surface area contributed by atoms with Crippen molar-refractivity contribution in [1.29, 1.82) is 0 Å². The number of carbonyl (C=O) groups excluding carboxylic acids is 2. The number of hydrogen-bond donors (Lipinski definition) is 0. The molecule has 3 aliphatic rings. The Balaban J connectivity index is 1.41. The molecule has 33 heavy (non-hydrogen) atoms. The molecule has 2 amide bonds. The fourth-order valence-corrected chi connectivity index (χ4v) is 4.95. The number of hydrogen-bond acceptors (Lipinski definition) is 3. The number of aromatic nitrogens is 2. The number of carbonyl (C=O) groups is 2. The molecule has 3 fully saturated rings. The first-order chi connectivity index (χ1) is 15.4. The van der Waals surface area contributed by atoms with Crippen molar-refractivity contribution in [3.05, 3.63) is 29.1 Å². The second-order valence-electron chi connectivity index (χ2n) is 9.27. The van der Waals surface area contributed by atoms with Crippen LogP contribution in [0.4, 0.5) is 22.0 Å². The summed E-state index contributed by atoms with van der Waals surface area (Å²) >= 11 is 0. The van der Waals surface area contributed by atoms with Gasteiger partial charge in [-0.25, -0.2) is 13.8 Å². The van der Waals surface area contributed by atoms with Gasteiger partial charge in [-0.15, -0.1) is 0 Å². The Morgan fingerprint density at radius 1 is 1.15 bits per heavy atom. The summed E-state index contributed by atoms with van der Waals surface area (Å²) in [5.41, 5.74) is -0.377. The van der Waals surface area contributed by atoms with Crippen molar-refractivity contribution in [2.24, 2.45) is 7.05 Å². The molecule has 178 valence electrons. The van der Waals surface area contributed by atoms with Gasteiger partial charge < -0.3 is 14.4 Å². The van der Waals surface area contributed by atoms with Gasteiger partial charge in [0, 0.05) is 39.0 Å². The Morgan fingerprint density at radius 2 is 1.88 bits per heavy atom. The Bertz CT molecular complexity index is 1140. The highest BCUT2D eigenvalue weighted by Gasteiger charge is 2.45. The third-order valence-corrected chi connectivity index (χ3v) is 6.92. The van der Waals surface area contributed by atoms with Crippen molar-refractivity contribution in [3.63, 3.8) is 0 Å². The molecule has 1 unspecified atom stereocenters. The molecule has 1 saturated heterocycles. The van der Waals surface area contributed by atoms with Gasteiger partial charge in [0.25, 0.3) is 5.91 Å². The van der Waals surface area contributed by atoms with Crippen molar-refractivity contribution in [1.82, 2.24) is 19.4 Å². The number of aryl methyl sites for hydroxylation is 1. The lowest BCUT2D eigenvalue weighted by Gasteiger charge is -2.37. The Labute approximate surface area is 186 Å². The highest BCUT2D eigenvalue weighted by atomic mass is 19.4. The van der Waals surface area contributed by atoms with E-state index in [9.17, 15) is 31.5 Å². The number of amides is 2. The predicted octanol–water partition coefficient (Wildman–Crippen LogP) is 3.94. The van der Waals surface area contributed by atoms with E-state index in [4.69, 9.17) is 0 Å². The summed E-state index contributed by atoms with van der Waals surface area (Å²) < 4.78 is 69.6. The van der Waals surface area contributed by atoms with Gasteiger partial charge in [-0.1, -0.05) is 0 Å². The predicted molar refractivity (Wildman–Crippen MR) is 108 cm³/mol. The highest BCUT2D eigenvalue weighted by Crippen LogP contribution is 2.44. The molecule has 2 aromatic rings. The maximum absolute atomic E-state index is 13.7. The Morgan fingerprint density at radius 3 is 2.45 bits per heavy atom. The molecule has 6 nitrogen and oxygen atoms in total. The lowest BCUT2D eigenvalue weighted by molar-refractivity contribution is -0.138. The van der Waals surface area contributed by atoms with E-state index in [1.54, 1.807) is 6.07 Å². The molecule has 11 heteroatoms. The van der Waals surface area contributed by atoms with Gasteiger partial charge >= 0.3 is 6.18 Å². The number of benzene rings is 1. The summed E-state index contributed by atoms with van der Waals surface area (Å²) in [4.78, 5) is 32.4. The highest BCUT2D eigenvalue weighted by molar-refractivity contribution is 5.98. The van der Waals surface area contributed by atoms with E-state index in [-0.39, 0.29) is 61.7 Å². The van der Waals surface area contributed by atoms with Crippen LogP contribution in [0.2, 0.25) is 0 Å². The van der Waals surface area contributed by atoms with E-state index in [0.29, 0.717) is 5.56 Å². The van der Waals surface area contributed by atoms with E-state index in [1.165, 1.54) is 21.4 Å². The Hall–Kier alpha value is -2.72. The number of rotatable bonds is 3. The summed E-state index contributed by atoms with van der Waals surface area (Å²) in [6.07, 6.45) is -3.42. The summed E-state index contributed by atoms with van der Waals surface area (Å²) in [6.45, 7) is -0.103. The van der Waals surface area contributed by atoms with E-state index in [2.05, 4.69) is 4.98 Å². The smallest absolute Gasteiger partial charge is 0.336 e. The summed E-state index contributed by atoms with van der Waals surface area (Å²) in [6, 6.07) is 2.20. The van der Waals surface area contributed by atoms with Crippen LogP contribution in [-0.4, -0.2) is 62.8 Å². The lowest BCUT2D eigenvalue weighted by Crippen LogP contribution is -2.55. The van der Waals surface area contributed by atoms with Crippen LogP contribution in [-0.2, 0) is 18.0 Å². The van der Waals surface area contributed by atoms with Gasteiger partial charge in [-0.3, -0.25) is 9.59 Å². The standard InChI is InChI=1S/C22H23F5N4O2/c1-29-16-9-13(12-2-3-12)8-15(22(25,26)27)18(16)28-19(29)20(33)30-6-7-31(17(32)11-30)14-4-5-21(23,24)10-14/h8-9,12,14H,2-7,10-11H2,1H3. The van der Waals surface area contributed by atoms with Gasteiger partial charge in [0.05, 0.1) is 11.1 Å². The molecule has 0 bridgehead atoms. The van der Waals surface area contributed by atoms with Crippen LogP contribution in [0.3, 0.4) is 0 Å². The van der Waals surface area contributed by atoms with Crippen LogP contribution >= 0.6 is 0 Å². The number of imidazole rings is 1. The first-order valence-corrected chi connectivity index (χ1v) is 11.0. The maximum atomic E-state index is 13.7. The average Bonchev–Trinajstić information content (AvgIpc) is 3.45. The first kappa shape index (κ1) is 22.1. The third-order valence-electron chi connectivity index (χ3n) is 6.92. The molecule has 1 aromatic heterocycles. The number of alkyl halides is 5. The van der Waals surface area contributed by atoms with Crippen molar-refractivity contribution in [2.45, 2.75) is 56.2 Å². The number of piperazine rings is 1. The minimum atomic E-state index is -4.62. The minimum absolute atomic E-state index is 0.0817. The quantitative estimate of drug-likeness (QED) is 0.639. The van der Waals surface area contributed by atoms with Gasteiger partial charge in [0.2, 0.25) is 11.8 Å². The second-order valence-corrected chi connectivity index (χ2v) is 9.27. The molecule has 1 atom stereocenters. The second kappa shape index (κ2) is 7.39. The van der Waals surface area contributed by atoms with Crippen LogP contribution < -0.4 is 0 Å². The minimum Gasteiger partial charge on any atom is -0.336 e. The number of halogens is 5. The zero-order chi connectivity index (χ0) is 23.7. The molecular formula is C22H23F5N4O2. The van der Waals surface area contributed by atoms with E-state index in [1.807, 2.05) is 0 Å². The maximum Gasteiger partial charge on any atom is 0.418 e. The van der Waals surface area contributed by atoms with Gasteiger partial charge in [0.1, 0.15) is 12.1 Å². The fourth-order valence-electron chi connectivity index (χ4n) is 4.95. The van der Waals surface area contributed by atoms with E-state index >= 15 is 0 Å². The topological polar surface area (TPSA) is 58.4 Å². The summed E-state index contributed by atoms with van der Waals surface area (Å²) in [7, 11) is 1.48. The molecule has 0 radical (unpaired) electrons. The SMILES string of the molecule is Cn1c(C(=O)N2CCN(C3CCC(F)(F)C3)C(=O)C2)nc2c(C(F)(F)F)cc(C3CC3)cc21. The lowest BCUT2D eigenvalue weighted by atomic mass is 10.0. The molecule has 1 aromatic carbocycles. The number of fused-ring (bicyclic) bond motifs is 1. The van der Waals surface area contributed by atoms with Crippen LogP contribution in [0.25, 0.3) is 11.0 Å². The van der Waals surface area contributed by atoms with Crippen molar-refractivity contribution < 1.29 is 31.5 Å². The van der Waals surface area contributed by atoms with Crippen molar-refractivity contribution >= 4 is 22.8 Å². The first-order valence-electron chi connectivity index (χ1n) is 11.0. The molecule has 0 spiro atoms. The molecule has 5 rings (SSSR count). The zero-order valence-corrected chi connectivity index (χ0v) is 18.0. The zero-order valence-electron chi connectivity index (χ0n) is 18.0. The van der Waals surface area contributed by atoms with Gasteiger partial charge in [-0.05, 0) is 42.9 Å². The molecular weight excluding hydrogens is 447 g/mol. The number of nitrogens with zero attached hydrogens (tertiary/aromatic N) is 4. The average molecular weight is 470 g/mol. The van der Waals surface area contributed by atoms with Crippen LogP contribution in [0, 0.1) is 0 Å². The van der Waals surface area contributed by atoms with E-state index < -0.39 is 35.5 Å². The Kier molecular flexibility index (Phi) is 4.95. The summed E-state index contributed by atoms with van der Waals surface area (Å²) in [5, 5.41) is 0. The van der Waals surface area contributed by atoms with Crippen LogP contribution in [0.1, 0.15) is 59.8 Å². The molecule has 1 aliphatic heterocycles. The monoisotopic (exact) mass is 470 g/mol. The van der Waals surface area contributed by atoms with Gasteiger partial charge in [0.15, 0.2) is 5.82 Å². The third kappa shape index (κ3) is 3.95. The van der Waals surface area contributed by atoms with Crippen LogP contribution in [0.15, 0.2) is 12.1 Å². The normalized spacial score (nSPS) is 23.6. The van der Waals surface area contributed by atoms with Crippen molar-refractivity contribution in [3.8, 4) is 0 Å². The molecule has 2 heterocycles. The molecule has 2 aliphatic carbocycles. The fraction of sp³-hybridized carbons (Fsp3) is 0.591. The summed E-state index contributed by atoms with van der Waals surface area (Å²) in [5.74, 6) is -3.99. The van der Waals surface area contributed by atoms with Gasteiger partial charge in [-0.2, -0.15) is 13.2 Å². The van der Waals surface area contributed by atoms with Crippen LogP contribution in [0.5, 0.6) is 0 Å².